The van der Waals surface area contributed by atoms with E-state index >= 15 is 0 Å². The van der Waals surface area contributed by atoms with Crippen LogP contribution in [0.5, 0.6) is 5.75 Å². The summed E-state index contributed by atoms with van der Waals surface area (Å²) >= 11 is 0. The van der Waals surface area contributed by atoms with Crippen LogP contribution in [0.3, 0.4) is 0 Å². The lowest BCUT2D eigenvalue weighted by Gasteiger charge is -2.08. The predicted molar refractivity (Wildman–Crippen MR) is 156 cm³/mol. The molecule has 10 nitrogen and oxygen atoms in total. The van der Waals surface area contributed by atoms with Gasteiger partial charge in [0.15, 0.2) is 11.6 Å². The molecule has 0 saturated heterocycles. The molecule has 3 heterocycles. The Balaban J connectivity index is 1.45. The van der Waals surface area contributed by atoms with Gasteiger partial charge < -0.3 is 4.74 Å². The Morgan fingerprint density at radius 3 is 1.94 bits per heavy atom. The summed E-state index contributed by atoms with van der Waals surface area (Å²) in [5.74, 6) is 0.930. The second kappa shape index (κ2) is 12.5. The molecule has 0 bridgehead atoms. The van der Waals surface area contributed by atoms with E-state index in [0.29, 0.717) is 16.9 Å². The Hall–Kier alpha value is -5.93. The highest BCUT2D eigenvalue weighted by atomic mass is 19.4. The van der Waals surface area contributed by atoms with E-state index in [0.717, 1.165) is 29.8 Å². The molecule has 47 heavy (non-hydrogen) atoms. The molecule has 0 aliphatic rings. The van der Waals surface area contributed by atoms with E-state index in [2.05, 4.69) is 35.5 Å². The van der Waals surface area contributed by atoms with E-state index in [9.17, 15) is 26.3 Å². The van der Waals surface area contributed by atoms with Gasteiger partial charge in [-0.3, -0.25) is 0 Å². The van der Waals surface area contributed by atoms with Crippen LogP contribution in [-0.4, -0.2) is 52.0 Å². The van der Waals surface area contributed by atoms with Gasteiger partial charge in [0, 0.05) is 35.3 Å². The Morgan fingerprint density at radius 2 is 1.36 bits per heavy atom. The van der Waals surface area contributed by atoms with E-state index in [1.54, 1.807) is 19.2 Å². The van der Waals surface area contributed by atoms with Crippen LogP contribution in [0.25, 0.3) is 34.5 Å². The highest BCUT2D eigenvalue weighted by molar-refractivity contribution is 5.84. The zero-order valence-corrected chi connectivity index (χ0v) is 24.1. The van der Waals surface area contributed by atoms with Crippen LogP contribution in [-0.2, 0) is 18.9 Å². The van der Waals surface area contributed by atoms with E-state index in [1.165, 1.54) is 58.7 Å². The van der Waals surface area contributed by atoms with Crippen molar-refractivity contribution >= 4 is 11.8 Å². The van der Waals surface area contributed by atoms with E-state index in [4.69, 9.17) is 4.74 Å². The molecule has 0 radical (unpaired) electrons. The number of nitrogens with zero attached hydrogens (tertiary/aromatic N) is 9. The number of halogens is 6. The fourth-order valence-electron chi connectivity index (χ4n) is 4.48. The highest BCUT2D eigenvalue weighted by Gasteiger charge is 2.31. The molecular weight excluding hydrogens is 628 g/mol. The molecule has 0 fully saturated rings. The van der Waals surface area contributed by atoms with E-state index in [-0.39, 0.29) is 35.1 Å². The zero-order chi connectivity index (χ0) is 33.2. The fraction of sp³-hybridized carbons (Fsp3) is 0.129. The third kappa shape index (κ3) is 7.00. The maximum atomic E-state index is 13.3. The highest BCUT2D eigenvalue weighted by Crippen LogP contribution is 2.33. The van der Waals surface area contributed by atoms with Gasteiger partial charge in [0.1, 0.15) is 12.1 Å². The zero-order valence-electron chi connectivity index (χ0n) is 24.1. The lowest BCUT2D eigenvalue weighted by atomic mass is 10.1. The first-order chi connectivity index (χ1) is 22.5. The molecule has 0 spiro atoms. The first kappa shape index (κ1) is 31.1. The lowest BCUT2D eigenvalue weighted by Crippen LogP contribution is -2.05. The minimum atomic E-state index is -4.57. The third-order valence-corrected chi connectivity index (χ3v) is 6.87. The van der Waals surface area contributed by atoms with Gasteiger partial charge >= 0.3 is 12.4 Å². The standard InChI is InChI=1S/C31H21F6N9O/c1-47-25-12-2-19(3-13-25)16-46-43-28(41-44-46)26(22-14-38-18-39-15-22)17-45-29(21-6-10-24(11-7-21)31(35,36)37)40-27(42-45)20-4-8-23(9-5-20)30(32,33)34/h2-15,17-18H,16H2,1H3/b26-17-. The molecule has 0 aliphatic carbocycles. The molecule has 16 heteroatoms. The van der Waals surface area contributed by atoms with Crippen LogP contribution >= 0.6 is 0 Å². The van der Waals surface area contributed by atoms with Crippen molar-refractivity contribution in [3.05, 3.63) is 120 Å². The van der Waals surface area contributed by atoms with Gasteiger partial charge in [-0.1, -0.05) is 36.4 Å². The van der Waals surface area contributed by atoms with Crippen molar-refractivity contribution < 1.29 is 31.1 Å². The van der Waals surface area contributed by atoms with Crippen LogP contribution in [0, 0.1) is 0 Å². The molecule has 6 rings (SSSR count). The van der Waals surface area contributed by atoms with Crippen molar-refractivity contribution in [1.82, 2.24) is 44.9 Å². The summed E-state index contributed by atoms with van der Waals surface area (Å²) in [7, 11) is 1.56. The molecule has 0 unspecified atom stereocenters. The molecule has 3 aromatic heterocycles. The van der Waals surface area contributed by atoms with Gasteiger partial charge in [-0.25, -0.2) is 19.6 Å². The fourth-order valence-corrected chi connectivity index (χ4v) is 4.48. The Labute approximate surface area is 262 Å². The van der Waals surface area contributed by atoms with Crippen LogP contribution in [0.1, 0.15) is 28.1 Å². The van der Waals surface area contributed by atoms with Gasteiger partial charge in [0.05, 0.1) is 30.4 Å². The molecule has 0 aliphatic heterocycles. The molecular formula is C31H21F6N9O. The largest absolute Gasteiger partial charge is 0.497 e. The summed E-state index contributed by atoms with van der Waals surface area (Å²) < 4.78 is 86.0. The quantitative estimate of drug-likeness (QED) is 0.171. The van der Waals surface area contributed by atoms with Crippen molar-refractivity contribution in [3.8, 4) is 28.5 Å². The summed E-state index contributed by atoms with van der Waals surface area (Å²) in [6.07, 6.45) is -3.34. The summed E-state index contributed by atoms with van der Waals surface area (Å²) in [5, 5.41) is 17.4. The van der Waals surface area contributed by atoms with Gasteiger partial charge in [-0.05, 0) is 47.2 Å². The Morgan fingerprint density at radius 1 is 0.766 bits per heavy atom. The van der Waals surface area contributed by atoms with Gasteiger partial charge in [0.2, 0.25) is 5.82 Å². The topological polar surface area (TPSA) is 109 Å². The van der Waals surface area contributed by atoms with E-state index in [1.807, 2.05) is 12.1 Å². The number of benzene rings is 3. The number of hydrogen-bond donors (Lipinski definition) is 0. The summed E-state index contributed by atoms with van der Waals surface area (Å²) in [5.41, 5.74) is 0.394. The van der Waals surface area contributed by atoms with Crippen molar-refractivity contribution in [2.24, 2.45) is 0 Å². The Bertz CT molecular complexity index is 2000. The maximum absolute atomic E-state index is 13.3. The number of alkyl halides is 6. The number of tetrazole rings is 1. The first-order valence-electron chi connectivity index (χ1n) is 13.7. The van der Waals surface area contributed by atoms with Crippen molar-refractivity contribution in [3.63, 3.8) is 0 Å². The van der Waals surface area contributed by atoms with Crippen molar-refractivity contribution in [2.45, 2.75) is 18.9 Å². The van der Waals surface area contributed by atoms with Crippen LogP contribution in [0.15, 0.2) is 91.5 Å². The number of methoxy groups -OCH3 is 1. The van der Waals surface area contributed by atoms with Crippen LogP contribution in [0.4, 0.5) is 26.3 Å². The third-order valence-electron chi connectivity index (χ3n) is 6.87. The van der Waals surface area contributed by atoms with Crippen LogP contribution < -0.4 is 4.74 Å². The van der Waals surface area contributed by atoms with Crippen LogP contribution in [0.2, 0.25) is 0 Å². The van der Waals surface area contributed by atoms with Crippen molar-refractivity contribution in [2.75, 3.05) is 7.11 Å². The molecule has 0 saturated carbocycles. The minimum absolute atomic E-state index is 0.0182. The Kier molecular flexibility index (Phi) is 8.24. The van der Waals surface area contributed by atoms with E-state index < -0.39 is 23.5 Å². The number of aromatic nitrogens is 9. The maximum Gasteiger partial charge on any atom is 0.416 e. The average Bonchev–Trinajstić information content (AvgIpc) is 3.71. The monoisotopic (exact) mass is 649 g/mol. The second-order valence-electron chi connectivity index (χ2n) is 10.0. The molecule has 0 N–H and O–H groups in total. The predicted octanol–water partition coefficient (Wildman–Crippen LogP) is 6.53. The first-order valence-corrected chi connectivity index (χ1v) is 13.7. The van der Waals surface area contributed by atoms with Gasteiger partial charge in [-0.15, -0.1) is 15.3 Å². The van der Waals surface area contributed by atoms with Gasteiger partial charge in [-0.2, -0.15) is 31.1 Å². The summed E-state index contributed by atoms with van der Waals surface area (Å²) in [4.78, 5) is 14.0. The molecule has 3 aromatic carbocycles. The molecule has 0 atom stereocenters. The summed E-state index contributed by atoms with van der Waals surface area (Å²) in [6, 6.07) is 15.7. The molecule has 0 amide bonds. The lowest BCUT2D eigenvalue weighted by molar-refractivity contribution is -0.138. The SMILES string of the molecule is COc1ccc(Cn2nnc(/C(=C\n3nc(-c4ccc(C(F)(F)F)cc4)nc3-c3ccc(C(F)(F)F)cc3)c3cncnc3)n2)cc1. The number of rotatable bonds is 8. The second-order valence-corrected chi connectivity index (χ2v) is 10.0. The average molecular weight is 650 g/mol. The smallest absolute Gasteiger partial charge is 0.416 e. The number of hydrogen-bond acceptors (Lipinski definition) is 8. The van der Waals surface area contributed by atoms with Crippen molar-refractivity contribution in [1.29, 1.82) is 0 Å². The summed E-state index contributed by atoms with van der Waals surface area (Å²) in [6.45, 7) is 0.272. The normalized spacial score (nSPS) is 12.4. The van der Waals surface area contributed by atoms with Gasteiger partial charge in [0.25, 0.3) is 0 Å². The minimum Gasteiger partial charge on any atom is -0.497 e. The number of ether oxygens (including phenoxy) is 1. The molecule has 6 aromatic rings. The molecule has 238 valence electrons.